The van der Waals surface area contributed by atoms with Gasteiger partial charge in [-0.2, -0.15) is 23.5 Å². The van der Waals surface area contributed by atoms with Crippen molar-refractivity contribution in [2.24, 2.45) is 0 Å². The fourth-order valence-electron chi connectivity index (χ4n) is 2.70. The SMILES string of the molecule is CC(C)(C)OC(=O)N1CC(CC(=O)O)(NCC2CSCCS2)C1. The Morgan fingerprint density at radius 3 is 2.57 bits per heavy atom. The van der Waals surface area contributed by atoms with Gasteiger partial charge in [-0.15, -0.1) is 0 Å². The second-order valence-electron chi connectivity index (χ2n) is 7.14. The van der Waals surface area contributed by atoms with Crippen molar-refractivity contribution in [3.8, 4) is 0 Å². The Morgan fingerprint density at radius 1 is 1.35 bits per heavy atom. The van der Waals surface area contributed by atoms with Crippen LogP contribution in [0.25, 0.3) is 0 Å². The van der Waals surface area contributed by atoms with E-state index in [1.54, 1.807) is 4.90 Å². The summed E-state index contributed by atoms with van der Waals surface area (Å²) in [4.78, 5) is 24.8. The third-order valence-corrected chi connectivity index (χ3v) is 6.56. The van der Waals surface area contributed by atoms with Crippen LogP contribution in [0.5, 0.6) is 0 Å². The largest absolute Gasteiger partial charge is 0.481 e. The molecule has 132 valence electrons. The number of carbonyl (C=O) groups excluding carboxylic acids is 1. The van der Waals surface area contributed by atoms with Gasteiger partial charge in [0.2, 0.25) is 0 Å². The van der Waals surface area contributed by atoms with E-state index >= 15 is 0 Å². The Morgan fingerprint density at radius 2 is 2.04 bits per heavy atom. The molecule has 0 aromatic rings. The van der Waals surface area contributed by atoms with Crippen LogP contribution in [0.4, 0.5) is 4.79 Å². The van der Waals surface area contributed by atoms with Crippen LogP contribution in [0.2, 0.25) is 0 Å². The van der Waals surface area contributed by atoms with E-state index in [0.29, 0.717) is 18.3 Å². The minimum absolute atomic E-state index is 0.0246. The van der Waals surface area contributed by atoms with Crippen molar-refractivity contribution in [3.63, 3.8) is 0 Å². The number of carboxylic acids is 1. The molecule has 1 amide bonds. The molecule has 1 unspecified atom stereocenters. The first kappa shape index (κ1) is 18.7. The molecule has 2 aliphatic heterocycles. The van der Waals surface area contributed by atoms with Gasteiger partial charge in [0.15, 0.2) is 0 Å². The number of amides is 1. The summed E-state index contributed by atoms with van der Waals surface area (Å²) in [5.41, 5.74) is -1.06. The van der Waals surface area contributed by atoms with Gasteiger partial charge in [0, 0.05) is 42.1 Å². The second-order valence-corrected chi connectivity index (χ2v) is 9.69. The van der Waals surface area contributed by atoms with E-state index in [1.165, 1.54) is 5.75 Å². The van der Waals surface area contributed by atoms with Crippen molar-refractivity contribution in [2.45, 2.75) is 43.6 Å². The molecule has 2 N–H and O–H groups in total. The number of rotatable bonds is 5. The number of hydrogen-bond acceptors (Lipinski definition) is 6. The lowest BCUT2D eigenvalue weighted by molar-refractivity contribution is -0.141. The highest BCUT2D eigenvalue weighted by atomic mass is 32.2. The lowest BCUT2D eigenvalue weighted by Gasteiger charge is -2.50. The Labute approximate surface area is 146 Å². The number of ether oxygens (including phenoxy) is 1. The van der Waals surface area contributed by atoms with E-state index in [0.717, 1.165) is 18.1 Å². The monoisotopic (exact) mass is 362 g/mol. The van der Waals surface area contributed by atoms with E-state index in [2.05, 4.69) is 5.32 Å². The summed E-state index contributed by atoms with van der Waals surface area (Å²) in [7, 11) is 0. The van der Waals surface area contributed by atoms with Gasteiger partial charge in [-0.1, -0.05) is 0 Å². The molecule has 0 aliphatic carbocycles. The third-order valence-electron chi connectivity index (χ3n) is 3.72. The van der Waals surface area contributed by atoms with Crippen LogP contribution in [0.3, 0.4) is 0 Å². The maximum atomic E-state index is 12.0. The van der Waals surface area contributed by atoms with E-state index in [1.807, 2.05) is 44.3 Å². The van der Waals surface area contributed by atoms with Gasteiger partial charge >= 0.3 is 12.1 Å². The van der Waals surface area contributed by atoms with Crippen molar-refractivity contribution in [3.05, 3.63) is 0 Å². The molecule has 0 spiro atoms. The van der Waals surface area contributed by atoms with Crippen molar-refractivity contribution in [1.82, 2.24) is 10.2 Å². The van der Waals surface area contributed by atoms with Crippen LogP contribution in [-0.2, 0) is 9.53 Å². The molecule has 2 heterocycles. The third kappa shape index (κ3) is 5.76. The maximum Gasteiger partial charge on any atom is 0.410 e. The Hall–Kier alpha value is -0.600. The molecule has 0 aromatic carbocycles. The first-order valence-corrected chi connectivity index (χ1v) is 10.0. The first-order valence-electron chi connectivity index (χ1n) is 7.83. The molecule has 2 aliphatic rings. The number of likely N-dealkylation sites (tertiary alicyclic amines) is 1. The molecular weight excluding hydrogens is 336 g/mol. The van der Waals surface area contributed by atoms with Crippen molar-refractivity contribution in [2.75, 3.05) is 36.9 Å². The summed E-state index contributed by atoms with van der Waals surface area (Å²) < 4.78 is 5.34. The molecular formula is C15H26N2O4S2. The number of hydrogen-bond donors (Lipinski definition) is 2. The van der Waals surface area contributed by atoms with Crippen LogP contribution >= 0.6 is 23.5 Å². The maximum absolute atomic E-state index is 12.0. The molecule has 6 nitrogen and oxygen atoms in total. The van der Waals surface area contributed by atoms with Gasteiger partial charge in [-0.25, -0.2) is 4.79 Å². The standard InChI is InChI=1S/C15H26N2O4S2/c1-14(2,3)21-13(20)17-9-15(10-17,6-12(18)19)16-7-11-8-22-4-5-23-11/h11,16H,4-10H2,1-3H3,(H,18,19). The van der Waals surface area contributed by atoms with Gasteiger partial charge in [0.1, 0.15) is 5.60 Å². The average Bonchev–Trinajstić information content (AvgIpc) is 2.39. The Kier molecular flexibility index (Phi) is 6.13. The second kappa shape index (κ2) is 7.53. The normalized spacial score (nSPS) is 24.0. The fourth-order valence-corrected chi connectivity index (χ4v) is 5.31. The number of nitrogens with one attached hydrogen (secondary N) is 1. The van der Waals surface area contributed by atoms with Gasteiger partial charge in [-0.3, -0.25) is 4.79 Å². The lowest BCUT2D eigenvalue weighted by atomic mass is 9.86. The minimum atomic E-state index is -0.841. The van der Waals surface area contributed by atoms with Crippen LogP contribution in [0.15, 0.2) is 0 Å². The van der Waals surface area contributed by atoms with Crippen LogP contribution in [0.1, 0.15) is 27.2 Å². The molecule has 2 fully saturated rings. The van der Waals surface area contributed by atoms with E-state index in [4.69, 9.17) is 4.74 Å². The van der Waals surface area contributed by atoms with Crippen LogP contribution in [0, 0.1) is 0 Å². The highest BCUT2D eigenvalue weighted by Gasteiger charge is 2.47. The predicted molar refractivity (Wildman–Crippen MR) is 94.4 cm³/mol. The fraction of sp³-hybridized carbons (Fsp3) is 0.867. The average molecular weight is 363 g/mol. The molecule has 23 heavy (non-hydrogen) atoms. The summed E-state index contributed by atoms with van der Waals surface area (Å²) in [5, 5.41) is 13.1. The summed E-state index contributed by atoms with van der Waals surface area (Å²) in [6.07, 6.45) is -0.348. The summed E-state index contributed by atoms with van der Waals surface area (Å²) in [5.74, 6) is 2.59. The van der Waals surface area contributed by atoms with E-state index < -0.39 is 17.1 Å². The first-order chi connectivity index (χ1) is 10.7. The molecule has 8 heteroatoms. The minimum Gasteiger partial charge on any atom is -0.481 e. The molecule has 0 saturated carbocycles. The number of nitrogens with zero attached hydrogens (tertiary/aromatic N) is 1. The smallest absolute Gasteiger partial charge is 0.410 e. The summed E-state index contributed by atoms with van der Waals surface area (Å²) in [6, 6.07) is 0. The highest BCUT2D eigenvalue weighted by molar-refractivity contribution is 8.06. The Bertz CT molecular complexity index is 441. The molecule has 0 bridgehead atoms. The zero-order chi connectivity index (χ0) is 17.1. The van der Waals surface area contributed by atoms with Gasteiger partial charge < -0.3 is 20.1 Å². The van der Waals surface area contributed by atoms with Gasteiger partial charge in [0.25, 0.3) is 0 Å². The number of thioether (sulfide) groups is 2. The van der Waals surface area contributed by atoms with Crippen molar-refractivity contribution >= 4 is 35.6 Å². The van der Waals surface area contributed by atoms with Gasteiger partial charge in [-0.05, 0) is 20.8 Å². The van der Waals surface area contributed by atoms with Crippen LogP contribution < -0.4 is 5.32 Å². The van der Waals surface area contributed by atoms with Gasteiger partial charge in [0.05, 0.1) is 12.0 Å². The number of aliphatic carboxylic acids is 1. The number of carboxylic acid groups (broad SMARTS) is 1. The molecule has 1 atom stereocenters. The van der Waals surface area contributed by atoms with E-state index in [-0.39, 0.29) is 12.5 Å². The zero-order valence-electron chi connectivity index (χ0n) is 14.0. The van der Waals surface area contributed by atoms with Crippen molar-refractivity contribution in [1.29, 1.82) is 0 Å². The molecule has 2 rings (SSSR count). The van der Waals surface area contributed by atoms with E-state index in [9.17, 15) is 14.7 Å². The quantitative estimate of drug-likeness (QED) is 0.773. The summed E-state index contributed by atoms with van der Waals surface area (Å²) in [6.45, 7) is 7.03. The molecule has 0 radical (unpaired) electrons. The lowest BCUT2D eigenvalue weighted by Crippen LogP contribution is -2.71. The zero-order valence-corrected chi connectivity index (χ0v) is 15.6. The molecule has 0 aromatic heterocycles. The Balaban J connectivity index is 1.86. The van der Waals surface area contributed by atoms with Crippen LogP contribution in [-0.4, -0.2) is 75.4 Å². The van der Waals surface area contributed by atoms with Crippen molar-refractivity contribution < 1.29 is 19.4 Å². The number of carbonyl (C=O) groups is 2. The molecule has 2 saturated heterocycles. The predicted octanol–water partition coefficient (Wildman–Crippen LogP) is 1.89. The topological polar surface area (TPSA) is 78.9 Å². The highest BCUT2D eigenvalue weighted by Crippen LogP contribution is 2.29. The summed E-state index contributed by atoms with van der Waals surface area (Å²) >= 11 is 3.88.